The summed E-state index contributed by atoms with van der Waals surface area (Å²) in [6.45, 7) is 14.5. The highest BCUT2D eigenvalue weighted by Crippen LogP contribution is 2.65. The lowest BCUT2D eigenvalue weighted by Crippen LogP contribution is -2.64. The number of nitrogens with zero attached hydrogens (tertiary/aromatic N) is 1. The zero-order valence-electron chi connectivity index (χ0n) is 32.4. The van der Waals surface area contributed by atoms with E-state index in [9.17, 15) is 32.4 Å². The van der Waals surface area contributed by atoms with Crippen LogP contribution in [0.25, 0.3) is 0 Å². The fourth-order valence-electron chi connectivity index (χ4n) is 8.80. The van der Waals surface area contributed by atoms with Crippen LogP contribution in [0.4, 0.5) is 4.79 Å². The summed E-state index contributed by atoms with van der Waals surface area (Å²) in [5.41, 5.74) is -1.94. The number of amides is 5. The van der Waals surface area contributed by atoms with E-state index in [1.54, 1.807) is 11.8 Å². The molecule has 14 heteroatoms. The molecule has 0 aromatic carbocycles. The Bertz CT molecular complexity index is 1490. The van der Waals surface area contributed by atoms with E-state index in [0.29, 0.717) is 58.3 Å². The second-order valence-corrected chi connectivity index (χ2v) is 20.8. The number of carbonyl (C=O) groups excluding carboxylic acids is 5. The zero-order chi connectivity index (χ0) is 38.3. The maximum absolute atomic E-state index is 14.6. The molecule has 3 aliphatic carbocycles. The Balaban J connectivity index is 1.33. The maximum atomic E-state index is 14.6. The van der Waals surface area contributed by atoms with Gasteiger partial charge in [0.25, 0.3) is 5.91 Å². The van der Waals surface area contributed by atoms with Gasteiger partial charge in [-0.1, -0.05) is 73.6 Å². The summed E-state index contributed by atoms with van der Waals surface area (Å²) >= 11 is 0. The van der Waals surface area contributed by atoms with Crippen LogP contribution in [0, 0.1) is 22.7 Å². The van der Waals surface area contributed by atoms with Gasteiger partial charge in [0.15, 0.2) is 9.84 Å². The number of hydrogen-bond donors (Lipinski definition) is 4. The molecular weight excluding hydrogens is 687 g/mol. The summed E-state index contributed by atoms with van der Waals surface area (Å²) in [5.74, 6) is -2.50. The van der Waals surface area contributed by atoms with E-state index < -0.39 is 73.2 Å². The van der Waals surface area contributed by atoms with E-state index in [1.165, 1.54) is 0 Å². The molecular formula is C38H63N5O8S. The molecule has 2 heterocycles. The average molecular weight is 750 g/mol. The number of ether oxygens (including phenoxy) is 1. The fraction of sp³-hybridized carbons (Fsp3) is 0.868. The molecule has 2 unspecified atom stereocenters. The van der Waals surface area contributed by atoms with Crippen LogP contribution in [0.5, 0.6) is 0 Å². The summed E-state index contributed by atoms with van der Waals surface area (Å²) in [6, 6.07) is -3.52. The number of urea groups is 1. The maximum Gasteiger partial charge on any atom is 0.315 e. The molecule has 5 amide bonds. The third kappa shape index (κ3) is 8.63. The van der Waals surface area contributed by atoms with Gasteiger partial charge in [0.2, 0.25) is 17.6 Å². The first-order valence-corrected chi connectivity index (χ1v) is 21.2. The van der Waals surface area contributed by atoms with Crippen molar-refractivity contribution >= 4 is 39.4 Å². The molecule has 5 rings (SSSR count). The van der Waals surface area contributed by atoms with Gasteiger partial charge in [0, 0.05) is 25.8 Å². The van der Waals surface area contributed by atoms with Crippen molar-refractivity contribution in [1.82, 2.24) is 26.2 Å². The minimum atomic E-state index is -3.62. The molecule has 294 valence electrons. The highest BCUT2D eigenvalue weighted by molar-refractivity contribution is 7.92. The number of carbonyl (C=O) groups is 5. The Hall–Kier alpha value is -2.74. The van der Waals surface area contributed by atoms with Gasteiger partial charge in [-0.15, -0.1) is 0 Å². The molecule has 0 bridgehead atoms. The van der Waals surface area contributed by atoms with Crippen molar-refractivity contribution in [3.05, 3.63) is 0 Å². The number of nitrogens with one attached hydrogen (secondary N) is 4. The SMILES string of the molecule is CCCC[C@H](NC(=O)[C@@H]1C2C(CN1C(=O)[C@@H](NC(=O)NC1(CS(=O)(=O)C3(C)CCOCC3)CCCCC1)C(C)(C)C)C2(C)C)C(=O)C(=O)NC1CC1. The standard InChI is InChI=1S/C38H63N5O8S/c1-8-9-13-26(29(44)32(46)39-24-14-15-24)40-31(45)28-27-25(36(27,5)6)22-43(28)33(47)30(35(2,3)4)41-34(48)42-38(16-11-10-12-17-38)23-52(49,50)37(7)18-20-51-21-19-37/h24-28,30H,8-23H2,1-7H3,(H,39,46)(H,40,45)(H2,41,42,48)/t25?,26-,27?,28-,30+/m0/s1. The van der Waals surface area contributed by atoms with Gasteiger partial charge < -0.3 is 30.9 Å². The van der Waals surface area contributed by atoms with E-state index >= 15 is 0 Å². The van der Waals surface area contributed by atoms with Crippen molar-refractivity contribution < 1.29 is 37.1 Å². The second-order valence-electron chi connectivity index (χ2n) is 18.3. The molecule has 0 aromatic heterocycles. The Morgan fingerprint density at radius 2 is 1.56 bits per heavy atom. The Morgan fingerprint density at radius 3 is 2.13 bits per heavy atom. The van der Waals surface area contributed by atoms with E-state index in [2.05, 4.69) is 35.1 Å². The Kier molecular flexibility index (Phi) is 11.8. The van der Waals surface area contributed by atoms with Crippen LogP contribution in [-0.2, 0) is 33.8 Å². The van der Waals surface area contributed by atoms with Crippen molar-refractivity contribution in [2.24, 2.45) is 22.7 Å². The van der Waals surface area contributed by atoms with E-state index in [-0.39, 0.29) is 29.0 Å². The smallest absolute Gasteiger partial charge is 0.315 e. The predicted molar refractivity (Wildman–Crippen MR) is 197 cm³/mol. The first-order chi connectivity index (χ1) is 24.3. The number of hydrogen-bond acceptors (Lipinski definition) is 8. The number of ketones is 1. The van der Waals surface area contributed by atoms with Gasteiger partial charge in [0.05, 0.1) is 22.1 Å². The molecule has 52 heavy (non-hydrogen) atoms. The monoisotopic (exact) mass is 749 g/mol. The van der Waals surface area contributed by atoms with E-state index in [0.717, 1.165) is 38.5 Å². The lowest BCUT2D eigenvalue weighted by molar-refractivity contribution is -0.145. The lowest BCUT2D eigenvalue weighted by Gasteiger charge is -2.42. The third-order valence-electron chi connectivity index (χ3n) is 12.7. The van der Waals surface area contributed by atoms with Crippen LogP contribution in [0.2, 0.25) is 0 Å². The molecule has 2 saturated heterocycles. The largest absolute Gasteiger partial charge is 0.381 e. The van der Waals surface area contributed by atoms with E-state index in [1.807, 2.05) is 27.7 Å². The summed E-state index contributed by atoms with van der Waals surface area (Å²) in [5, 5.41) is 11.6. The zero-order valence-corrected chi connectivity index (χ0v) is 33.2. The Labute approximate surface area is 310 Å². The van der Waals surface area contributed by atoms with E-state index in [4.69, 9.17) is 4.74 Å². The van der Waals surface area contributed by atoms with Crippen molar-refractivity contribution in [2.75, 3.05) is 25.5 Å². The molecule has 5 fully saturated rings. The summed E-state index contributed by atoms with van der Waals surface area (Å²) in [7, 11) is -3.62. The van der Waals surface area contributed by atoms with Crippen molar-refractivity contribution in [3.8, 4) is 0 Å². The number of Topliss-reactive ketones (excluding diaryl/α,β-unsaturated/α-hetero) is 1. The minimum Gasteiger partial charge on any atom is -0.381 e. The number of rotatable bonds is 14. The number of unbranched alkanes of at least 4 members (excludes halogenated alkanes) is 1. The summed E-state index contributed by atoms with van der Waals surface area (Å²) in [4.78, 5) is 70.2. The van der Waals surface area contributed by atoms with Crippen molar-refractivity contribution in [1.29, 1.82) is 0 Å². The van der Waals surface area contributed by atoms with Crippen molar-refractivity contribution in [3.63, 3.8) is 0 Å². The van der Waals surface area contributed by atoms with Crippen LogP contribution in [-0.4, -0.2) is 103 Å². The average Bonchev–Trinajstić information content (AvgIpc) is 3.92. The molecule has 4 N–H and O–H groups in total. The summed E-state index contributed by atoms with van der Waals surface area (Å²) in [6.07, 6.45) is 7.75. The molecule has 0 spiro atoms. The normalized spacial score (nSPS) is 27.4. The van der Waals surface area contributed by atoms with Gasteiger partial charge in [-0.3, -0.25) is 19.2 Å². The first kappa shape index (κ1) is 40.4. The molecule has 0 radical (unpaired) electrons. The van der Waals surface area contributed by atoms with Crippen molar-refractivity contribution in [2.45, 2.75) is 160 Å². The molecule has 3 saturated carbocycles. The van der Waals surface area contributed by atoms with Gasteiger partial charge in [0.1, 0.15) is 12.1 Å². The topological polar surface area (TPSA) is 180 Å². The Morgan fingerprint density at radius 1 is 0.923 bits per heavy atom. The quantitative estimate of drug-likeness (QED) is 0.195. The molecule has 0 aromatic rings. The van der Waals surface area contributed by atoms with Gasteiger partial charge in [-0.25, -0.2) is 13.2 Å². The molecule has 5 atom stereocenters. The predicted octanol–water partition coefficient (Wildman–Crippen LogP) is 3.39. The highest BCUT2D eigenvalue weighted by atomic mass is 32.2. The van der Waals surface area contributed by atoms with Crippen LogP contribution in [0.1, 0.15) is 126 Å². The summed E-state index contributed by atoms with van der Waals surface area (Å²) < 4.78 is 32.3. The van der Waals surface area contributed by atoms with Crippen LogP contribution in [0.15, 0.2) is 0 Å². The van der Waals surface area contributed by atoms with Gasteiger partial charge in [-0.05, 0) is 74.5 Å². The number of likely N-dealkylation sites (tertiary alicyclic amines) is 1. The van der Waals surface area contributed by atoms with Crippen LogP contribution in [0.3, 0.4) is 0 Å². The van der Waals surface area contributed by atoms with Gasteiger partial charge in [-0.2, -0.15) is 0 Å². The van der Waals surface area contributed by atoms with Crippen LogP contribution < -0.4 is 21.3 Å². The van der Waals surface area contributed by atoms with Gasteiger partial charge >= 0.3 is 6.03 Å². The third-order valence-corrected chi connectivity index (χ3v) is 15.6. The fourth-order valence-corrected chi connectivity index (χ4v) is 11.0. The number of piperidine rings is 1. The number of sulfone groups is 1. The molecule has 2 aliphatic heterocycles. The van der Waals surface area contributed by atoms with Crippen LogP contribution >= 0.6 is 0 Å². The minimum absolute atomic E-state index is 0.00152. The molecule has 5 aliphatic rings. The first-order valence-electron chi connectivity index (χ1n) is 19.6. The highest BCUT2D eigenvalue weighted by Gasteiger charge is 2.70. The number of fused-ring (bicyclic) bond motifs is 1. The lowest BCUT2D eigenvalue weighted by atomic mass is 9.83. The second kappa shape index (κ2) is 15.2. The molecule has 13 nitrogen and oxygen atoms in total.